The normalized spacial score (nSPS) is 10.5. The minimum Gasteiger partial charge on any atom is -0.481 e. The smallest absolute Gasteiger partial charge is 0.407 e. The number of halogens is 1. The lowest BCUT2D eigenvalue weighted by molar-refractivity contribution is -0.136. The number of benzene rings is 1. The Morgan fingerprint density at radius 1 is 1.33 bits per heavy atom. The summed E-state index contributed by atoms with van der Waals surface area (Å²) in [4.78, 5) is 21.9. The van der Waals surface area contributed by atoms with Crippen molar-refractivity contribution >= 4 is 12.1 Å². The number of amides is 1. The van der Waals surface area contributed by atoms with Gasteiger partial charge in [-0.25, -0.2) is 9.18 Å². The largest absolute Gasteiger partial charge is 0.481 e. The first-order chi connectivity index (χ1) is 11.2. The number of ether oxygens (including phenoxy) is 1. The van der Waals surface area contributed by atoms with Crippen LogP contribution in [-0.4, -0.2) is 29.3 Å². The Kier molecular flexibility index (Phi) is 7.25. The van der Waals surface area contributed by atoms with Crippen LogP contribution in [0.5, 0.6) is 0 Å². The molecule has 0 aliphatic heterocycles. The zero-order valence-corrected chi connectivity index (χ0v) is 14.1. The van der Waals surface area contributed by atoms with E-state index in [0.717, 1.165) is 0 Å². The fourth-order valence-corrected chi connectivity index (χ4v) is 1.78. The maximum Gasteiger partial charge on any atom is 0.407 e. The van der Waals surface area contributed by atoms with Crippen molar-refractivity contribution in [1.29, 1.82) is 0 Å². The molecule has 0 fully saturated rings. The molecule has 0 saturated heterocycles. The number of carboxylic acid groups (broad SMARTS) is 1. The van der Waals surface area contributed by atoms with Crippen LogP contribution < -0.4 is 5.32 Å². The number of hydrogen-bond donors (Lipinski definition) is 2. The second-order valence-electron chi connectivity index (χ2n) is 6.18. The molecule has 1 amide bonds. The highest BCUT2D eigenvalue weighted by atomic mass is 19.1. The molecule has 1 aromatic carbocycles. The highest BCUT2D eigenvalue weighted by Gasteiger charge is 2.15. The number of aryl methyl sites for hydroxylation is 1. The highest BCUT2D eigenvalue weighted by molar-refractivity contribution is 5.67. The average molecular weight is 335 g/mol. The molecule has 0 radical (unpaired) electrons. The lowest BCUT2D eigenvalue weighted by atomic mass is 10.1. The number of carboxylic acids is 1. The molecule has 0 unspecified atom stereocenters. The summed E-state index contributed by atoms with van der Waals surface area (Å²) < 4.78 is 18.9. The van der Waals surface area contributed by atoms with E-state index in [1.165, 1.54) is 6.07 Å². The number of rotatable bonds is 5. The van der Waals surface area contributed by atoms with Gasteiger partial charge in [-0.3, -0.25) is 4.79 Å². The Bertz CT molecular complexity index is 653. The molecule has 0 bridgehead atoms. The third-order valence-electron chi connectivity index (χ3n) is 2.81. The van der Waals surface area contributed by atoms with Gasteiger partial charge in [-0.15, -0.1) is 0 Å². The van der Waals surface area contributed by atoms with Gasteiger partial charge in [0.25, 0.3) is 0 Å². The van der Waals surface area contributed by atoms with E-state index in [0.29, 0.717) is 24.1 Å². The summed E-state index contributed by atoms with van der Waals surface area (Å²) in [5, 5.41) is 11.2. The van der Waals surface area contributed by atoms with Gasteiger partial charge in [0.2, 0.25) is 0 Å². The van der Waals surface area contributed by atoms with Crippen LogP contribution in [0, 0.1) is 17.7 Å². The fourth-order valence-electron chi connectivity index (χ4n) is 1.78. The third-order valence-corrected chi connectivity index (χ3v) is 2.81. The average Bonchev–Trinajstić information content (AvgIpc) is 2.44. The summed E-state index contributed by atoms with van der Waals surface area (Å²) in [5.41, 5.74) is 0.314. The van der Waals surface area contributed by atoms with Crippen molar-refractivity contribution in [3.05, 3.63) is 35.1 Å². The number of hydrogen-bond acceptors (Lipinski definition) is 3. The molecule has 0 spiro atoms. The second kappa shape index (κ2) is 8.92. The molecule has 0 atom stereocenters. The standard InChI is InChI=1S/C18H22FNO4/c1-18(2,3)24-17(23)20-11-5-4-6-13-7-8-14(15(19)12-13)9-10-16(21)22/h7-8,12H,5,9-11H2,1-3H3,(H,20,23)(H,21,22). The monoisotopic (exact) mass is 335 g/mol. The molecule has 0 aliphatic rings. The molecule has 2 N–H and O–H groups in total. The maximum absolute atomic E-state index is 13.8. The van der Waals surface area contributed by atoms with E-state index >= 15 is 0 Å². The van der Waals surface area contributed by atoms with E-state index < -0.39 is 23.5 Å². The maximum atomic E-state index is 13.8. The molecule has 1 rings (SSSR count). The number of carbonyl (C=O) groups excluding carboxylic acids is 1. The van der Waals surface area contributed by atoms with Crippen LogP contribution in [0.3, 0.4) is 0 Å². The Labute approximate surface area is 141 Å². The van der Waals surface area contributed by atoms with Crippen LogP contribution in [0.25, 0.3) is 0 Å². The zero-order chi connectivity index (χ0) is 18.2. The van der Waals surface area contributed by atoms with Crippen molar-refractivity contribution in [3.63, 3.8) is 0 Å². The van der Waals surface area contributed by atoms with E-state index in [1.807, 2.05) is 0 Å². The van der Waals surface area contributed by atoms with E-state index in [9.17, 15) is 14.0 Å². The van der Waals surface area contributed by atoms with E-state index in [2.05, 4.69) is 17.2 Å². The molecular formula is C18H22FNO4. The molecular weight excluding hydrogens is 313 g/mol. The molecule has 130 valence electrons. The predicted molar refractivity (Wildman–Crippen MR) is 88.1 cm³/mol. The van der Waals surface area contributed by atoms with Crippen molar-refractivity contribution in [3.8, 4) is 11.8 Å². The third kappa shape index (κ3) is 8.18. The van der Waals surface area contributed by atoms with Crippen molar-refractivity contribution < 1.29 is 23.8 Å². The van der Waals surface area contributed by atoms with Gasteiger partial charge in [0, 0.05) is 24.9 Å². The molecule has 0 aliphatic carbocycles. The van der Waals surface area contributed by atoms with Gasteiger partial charge in [-0.1, -0.05) is 17.9 Å². The van der Waals surface area contributed by atoms with Crippen molar-refractivity contribution in [2.24, 2.45) is 0 Å². The minimum atomic E-state index is -0.962. The highest BCUT2D eigenvalue weighted by Crippen LogP contribution is 2.12. The fraction of sp³-hybridized carbons (Fsp3) is 0.444. The second-order valence-corrected chi connectivity index (χ2v) is 6.18. The lowest BCUT2D eigenvalue weighted by Gasteiger charge is -2.19. The minimum absolute atomic E-state index is 0.113. The Morgan fingerprint density at radius 3 is 2.62 bits per heavy atom. The van der Waals surface area contributed by atoms with Gasteiger partial charge in [0.1, 0.15) is 11.4 Å². The van der Waals surface area contributed by atoms with Crippen LogP contribution in [0.1, 0.15) is 44.7 Å². The number of alkyl carbamates (subject to hydrolysis) is 1. The molecule has 0 aromatic heterocycles. The van der Waals surface area contributed by atoms with Crippen molar-refractivity contribution in [2.75, 3.05) is 6.54 Å². The molecule has 0 heterocycles. The Hall–Kier alpha value is -2.55. The summed E-state index contributed by atoms with van der Waals surface area (Å²) in [7, 11) is 0. The predicted octanol–water partition coefficient (Wildman–Crippen LogP) is 3.11. The van der Waals surface area contributed by atoms with Crippen LogP contribution in [0.4, 0.5) is 9.18 Å². The van der Waals surface area contributed by atoms with Gasteiger partial charge in [-0.05, 0) is 44.9 Å². The summed E-state index contributed by atoms with van der Waals surface area (Å²) in [6.45, 7) is 5.67. The summed E-state index contributed by atoms with van der Waals surface area (Å²) in [6.07, 6.45) is -0.0627. The van der Waals surface area contributed by atoms with Gasteiger partial charge in [-0.2, -0.15) is 0 Å². The van der Waals surface area contributed by atoms with Crippen LogP contribution in [0.2, 0.25) is 0 Å². The first-order valence-corrected chi connectivity index (χ1v) is 7.63. The van der Waals surface area contributed by atoms with Crippen molar-refractivity contribution in [1.82, 2.24) is 5.32 Å². The van der Waals surface area contributed by atoms with Gasteiger partial charge in [0.05, 0.1) is 0 Å². The molecule has 5 nitrogen and oxygen atoms in total. The van der Waals surface area contributed by atoms with Crippen LogP contribution in [-0.2, 0) is 16.0 Å². The molecule has 1 aromatic rings. The quantitative estimate of drug-likeness (QED) is 0.640. The van der Waals surface area contributed by atoms with Gasteiger partial charge < -0.3 is 15.2 Å². The summed E-state index contributed by atoms with van der Waals surface area (Å²) >= 11 is 0. The lowest BCUT2D eigenvalue weighted by Crippen LogP contribution is -2.32. The van der Waals surface area contributed by atoms with Gasteiger partial charge >= 0.3 is 12.1 Å². The van der Waals surface area contributed by atoms with E-state index in [1.54, 1.807) is 32.9 Å². The Balaban J connectivity index is 2.45. The molecule has 24 heavy (non-hydrogen) atoms. The topological polar surface area (TPSA) is 75.6 Å². The summed E-state index contributed by atoms with van der Waals surface area (Å²) in [5.74, 6) is 4.21. The molecule has 6 heteroatoms. The number of carbonyl (C=O) groups is 2. The Morgan fingerprint density at radius 2 is 2.04 bits per heavy atom. The van der Waals surface area contributed by atoms with E-state index in [4.69, 9.17) is 9.84 Å². The SMILES string of the molecule is CC(C)(C)OC(=O)NCCC#Cc1ccc(CCC(=O)O)c(F)c1. The first kappa shape index (κ1) is 19.5. The first-order valence-electron chi connectivity index (χ1n) is 7.63. The van der Waals surface area contributed by atoms with Crippen LogP contribution in [0.15, 0.2) is 18.2 Å². The molecule has 0 saturated carbocycles. The zero-order valence-electron chi connectivity index (χ0n) is 14.1. The van der Waals surface area contributed by atoms with Crippen LogP contribution >= 0.6 is 0 Å². The van der Waals surface area contributed by atoms with E-state index in [-0.39, 0.29) is 12.8 Å². The summed E-state index contributed by atoms with van der Waals surface area (Å²) in [6, 6.07) is 4.47. The van der Waals surface area contributed by atoms with Gasteiger partial charge in [0.15, 0.2) is 0 Å². The van der Waals surface area contributed by atoms with Crippen molar-refractivity contribution in [2.45, 2.75) is 45.6 Å². The number of nitrogens with one attached hydrogen (secondary N) is 1. The number of aliphatic carboxylic acids is 1.